The van der Waals surface area contributed by atoms with Gasteiger partial charge in [0.05, 0.1) is 55.0 Å². The van der Waals surface area contributed by atoms with Gasteiger partial charge in [-0.3, -0.25) is 0 Å². The minimum absolute atomic E-state index is 0.414. The van der Waals surface area contributed by atoms with E-state index in [1.807, 2.05) is 23.5 Å². The lowest BCUT2D eigenvalue weighted by atomic mass is 9.88. The molecule has 0 fully saturated rings. The molecule has 5 heterocycles. The molecule has 346 valence electrons. The van der Waals surface area contributed by atoms with E-state index in [2.05, 4.69) is 221 Å². The van der Waals surface area contributed by atoms with E-state index in [4.69, 9.17) is 4.85 Å². The predicted molar refractivity (Wildman–Crippen MR) is 321 cm³/mol. The average Bonchev–Trinajstić information content (AvgIpc) is 4.30. The van der Waals surface area contributed by atoms with Gasteiger partial charge in [0.1, 0.15) is 6.07 Å². The Hall–Kier alpha value is -9.34. The zero-order valence-corrected chi connectivity index (χ0v) is 42.2. The van der Waals surface area contributed by atoms with Crippen molar-refractivity contribution in [3.8, 4) is 50.8 Å². The molecule has 16 rings (SSSR count). The van der Waals surface area contributed by atoms with Crippen LogP contribution in [-0.2, 0) is 0 Å². The lowest BCUT2D eigenvalue weighted by molar-refractivity contribution is 1.15. The van der Waals surface area contributed by atoms with E-state index in [9.17, 15) is 11.8 Å². The lowest BCUT2D eigenvalue weighted by Crippen LogP contribution is -2.08. The van der Waals surface area contributed by atoms with Gasteiger partial charge in [-0.1, -0.05) is 194 Å². The second-order valence-corrected chi connectivity index (χ2v) is 22.3. The fourth-order valence-electron chi connectivity index (χ4n) is 12.3. The van der Waals surface area contributed by atoms with Gasteiger partial charge < -0.3 is 9.13 Å². The molecule has 0 amide bonds. The van der Waals surface area contributed by atoms with Crippen LogP contribution >= 0.6 is 34.0 Å². The van der Waals surface area contributed by atoms with Crippen molar-refractivity contribution in [2.24, 2.45) is 0 Å². The molecular weight excluding hydrogens is 969 g/mol. The number of thiophene rings is 3. The number of nitriles is 1. The van der Waals surface area contributed by atoms with Crippen molar-refractivity contribution in [2.45, 2.75) is 0 Å². The van der Waals surface area contributed by atoms with Crippen molar-refractivity contribution < 1.29 is 0 Å². The summed E-state index contributed by atoms with van der Waals surface area (Å²) in [6, 6.07) is 80.6. The maximum Gasteiger partial charge on any atom is 0.221 e. The first-order valence-electron chi connectivity index (χ1n) is 24.9. The molecule has 16 aromatic rings. The van der Waals surface area contributed by atoms with E-state index in [-0.39, 0.29) is 0 Å². The number of aromatic nitrogens is 2. The zero-order valence-electron chi connectivity index (χ0n) is 39.8. The van der Waals surface area contributed by atoms with Crippen LogP contribution in [0.3, 0.4) is 0 Å². The molecular formula is C68H36N4S3. The number of hydrogen-bond donors (Lipinski definition) is 0. The molecule has 7 heteroatoms. The second-order valence-electron chi connectivity index (χ2n) is 19.2. The van der Waals surface area contributed by atoms with E-state index in [0.29, 0.717) is 16.9 Å². The van der Waals surface area contributed by atoms with Gasteiger partial charge in [0.15, 0.2) is 0 Å². The molecule has 0 aliphatic heterocycles. The van der Waals surface area contributed by atoms with E-state index >= 15 is 0 Å². The SMILES string of the molecule is [C-]#[N+]c1c(-c2ccccc2)c(-n2c3ccc4c5ccccc5sc4c3c3cccc(-c4ccccc4)c32)c(-c2ccccc2)c(C#N)c1-n1c2c(ccc3c4ccccc4sc32)c2ccc3c4ccccc4sc3c21. The van der Waals surface area contributed by atoms with Gasteiger partial charge >= 0.3 is 0 Å². The van der Waals surface area contributed by atoms with Crippen LogP contribution in [0.15, 0.2) is 218 Å². The summed E-state index contributed by atoms with van der Waals surface area (Å²) in [5.74, 6) is 0. The Morgan fingerprint density at radius 1 is 0.373 bits per heavy atom. The number of para-hydroxylation sites is 1. The topological polar surface area (TPSA) is 38.0 Å². The Labute approximate surface area is 441 Å². The summed E-state index contributed by atoms with van der Waals surface area (Å²) in [6.07, 6.45) is 0. The standard InChI is InChI=1S/C68H36N4S3/c1-70-60-58(41-22-9-4-10-23-41)65(71-53-37-36-48-43-24-11-14-29-54(43)73-66(48)59(53)51-28-17-27-42(61(51)71)39-18-5-2-6-19-39)57(40-20-7-3-8-21-40)52(38-69)62(60)72-63-46(32-34-49-44-25-12-15-30-55(44)74-67(49)63)47-33-35-50-45-26-13-16-31-56(45)75-68(50)64(47)72/h2-37H. The molecule has 11 aromatic carbocycles. The summed E-state index contributed by atoms with van der Waals surface area (Å²) in [7, 11) is 0. The van der Waals surface area contributed by atoms with E-state index in [0.717, 1.165) is 103 Å². The number of benzene rings is 11. The molecule has 0 N–H and O–H groups in total. The third-order valence-electron chi connectivity index (χ3n) is 15.4. The highest BCUT2D eigenvalue weighted by atomic mass is 32.1. The monoisotopic (exact) mass is 1000 g/mol. The molecule has 0 aliphatic carbocycles. The van der Waals surface area contributed by atoms with Crippen LogP contribution in [0.25, 0.3) is 154 Å². The molecule has 0 spiro atoms. The summed E-state index contributed by atoms with van der Waals surface area (Å²) in [5.41, 5.74) is 11.7. The molecule has 0 saturated carbocycles. The maximum atomic E-state index is 12.5. The molecule has 0 radical (unpaired) electrons. The van der Waals surface area contributed by atoms with Gasteiger partial charge in [-0.15, -0.1) is 34.0 Å². The van der Waals surface area contributed by atoms with Gasteiger partial charge in [0, 0.05) is 89.4 Å². The van der Waals surface area contributed by atoms with Gasteiger partial charge in [-0.05, 0) is 41.0 Å². The second kappa shape index (κ2) is 16.1. The largest absolute Gasteiger partial charge is 0.315 e. The summed E-state index contributed by atoms with van der Waals surface area (Å²) in [6.45, 7) is 9.74. The van der Waals surface area contributed by atoms with Gasteiger partial charge in [0.25, 0.3) is 0 Å². The van der Waals surface area contributed by atoms with E-state index < -0.39 is 0 Å². The molecule has 0 unspecified atom stereocenters. The van der Waals surface area contributed by atoms with Crippen molar-refractivity contribution in [1.29, 1.82) is 5.26 Å². The molecule has 0 aliphatic rings. The first kappa shape index (κ1) is 42.2. The maximum absolute atomic E-state index is 12.5. The van der Waals surface area contributed by atoms with Crippen LogP contribution in [0, 0.1) is 17.9 Å². The first-order valence-corrected chi connectivity index (χ1v) is 27.4. The highest BCUT2D eigenvalue weighted by molar-refractivity contribution is 7.27. The predicted octanol–water partition coefficient (Wildman–Crippen LogP) is 20.4. The lowest BCUT2D eigenvalue weighted by Gasteiger charge is -2.26. The van der Waals surface area contributed by atoms with E-state index in [1.165, 1.54) is 40.3 Å². The molecule has 0 atom stereocenters. The van der Waals surface area contributed by atoms with Crippen LogP contribution in [0.2, 0.25) is 0 Å². The molecule has 75 heavy (non-hydrogen) atoms. The van der Waals surface area contributed by atoms with Gasteiger partial charge in [0.2, 0.25) is 5.69 Å². The molecule has 0 bridgehead atoms. The average molecular weight is 1010 g/mol. The number of fused-ring (bicyclic) bond motifs is 18. The fraction of sp³-hybridized carbons (Fsp3) is 0. The first-order chi connectivity index (χ1) is 37.2. The van der Waals surface area contributed by atoms with Crippen LogP contribution in [0.5, 0.6) is 0 Å². The van der Waals surface area contributed by atoms with Crippen LogP contribution in [0.1, 0.15) is 5.56 Å². The van der Waals surface area contributed by atoms with Crippen molar-refractivity contribution in [3.05, 3.63) is 235 Å². The Bertz CT molecular complexity index is 4990. The smallest absolute Gasteiger partial charge is 0.221 e. The highest BCUT2D eigenvalue weighted by Crippen LogP contribution is 2.56. The number of rotatable bonds is 5. The van der Waals surface area contributed by atoms with Gasteiger partial charge in [-0.25, -0.2) is 4.85 Å². The van der Waals surface area contributed by atoms with Crippen molar-refractivity contribution in [2.75, 3.05) is 0 Å². The Balaban J connectivity index is 1.19. The molecule has 4 nitrogen and oxygen atoms in total. The van der Waals surface area contributed by atoms with Crippen molar-refractivity contribution >= 4 is 144 Å². The Kier molecular flexibility index (Phi) is 9.05. The summed E-state index contributed by atoms with van der Waals surface area (Å²) in [5, 5.41) is 24.0. The minimum atomic E-state index is 0.414. The normalized spacial score (nSPS) is 12.0. The third-order valence-corrected chi connectivity index (χ3v) is 19.0. The van der Waals surface area contributed by atoms with Crippen LogP contribution in [-0.4, -0.2) is 9.13 Å². The third kappa shape index (κ3) is 5.83. The quantitative estimate of drug-likeness (QED) is 0.158. The highest BCUT2D eigenvalue weighted by Gasteiger charge is 2.34. The zero-order chi connectivity index (χ0) is 49.5. The van der Waals surface area contributed by atoms with Crippen molar-refractivity contribution in [1.82, 2.24) is 9.13 Å². The summed E-state index contributed by atoms with van der Waals surface area (Å²) in [4.78, 5) is 4.77. The van der Waals surface area contributed by atoms with Crippen molar-refractivity contribution in [3.63, 3.8) is 0 Å². The summed E-state index contributed by atoms with van der Waals surface area (Å²) < 4.78 is 11.8. The Morgan fingerprint density at radius 2 is 0.827 bits per heavy atom. The number of nitrogens with zero attached hydrogens (tertiary/aromatic N) is 4. The number of hydrogen-bond acceptors (Lipinski definition) is 4. The van der Waals surface area contributed by atoms with Gasteiger partial charge in [-0.2, -0.15) is 5.26 Å². The Morgan fingerprint density at radius 3 is 1.37 bits per heavy atom. The fourth-order valence-corrected chi connectivity index (χ4v) is 16.1. The summed E-state index contributed by atoms with van der Waals surface area (Å²) >= 11 is 5.38. The van der Waals surface area contributed by atoms with Crippen LogP contribution in [0.4, 0.5) is 5.69 Å². The molecule has 5 aromatic heterocycles. The van der Waals surface area contributed by atoms with Crippen LogP contribution < -0.4 is 0 Å². The van der Waals surface area contributed by atoms with E-state index in [1.54, 1.807) is 22.7 Å². The minimum Gasteiger partial charge on any atom is -0.315 e. The molecule has 0 saturated heterocycles.